The van der Waals surface area contributed by atoms with Crippen molar-refractivity contribution in [1.29, 1.82) is 0 Å². The number of hydrogen-bond acceptors (Lipinski definition) is 7. The fraction of sp³-hybridized carbons (Fsp3) is 0.375. The van der Waals surface area contributed by atoms with Crippen LogP contribution in [-0.4, -0.2) is 75.6 Å². The van der Waals surface area contributed by atoms with E-state index in [1.54, 1.807) is 36.4 Å². The van der Waals surface area contributed by atoms with Gasteiger partial charge in [0.05, 0.1) is 47.9 Å². The fourth-order valence-electron chi connectivity index (χ4n) is 5.83. The molecule has 0 saturated carbocycles. The number of benzene rings is 2. The largest absolute Gasteiger partial charge is 0.478 e. The van der Waals surface area contributed by atoms with Gasteiger partial charge in [-0.15, -0.1) is 0 Å². The fourth-order valence-corrected chi connectivity index (χ4v) is 5.83. The number of imidazole rings is 1. The minimum Gasteiger partial charge on any atom is -0.478 e. The van der Waals surface area contributed by atoms with Crippen LogP contribution in [0.25, 0.3) is 15.9 Å². The summed E-state index contributed by atoms with van der Waals surface area (Å²) in [5.41, 5.74) is 2.14. The standard InChI is InChI=1S/C32H32F2N6O4/c1-20(31-36-27-9-7-21(32(41)42)14-28(27)40(31)18-25-10-13-43-25)39-12-11-38(17-24(39)16-33)29-4-3-5-30(37-29)44-19-22-6-8-23(35-2)15-26(22)34/h3-9,14-15,20,24-25H,10-13,16-19H2,1H3,(H,41,42)/t20-,24-,25-/m0/s1. The van der Waals surface area contributed by atoms with Crippen molar-refractivity contribution in [2.45, 2.75) is 44.7 Å². The quantitative estimate of drug-likeness (QED) is 0.241. The van der Waals surface area contributed by atoms with Crippen molar-refractivity contribution in [2.75, 3.05) is 37.8 Å². The number of nitrogens with zero attached hydrogens (tertiary/aromatic N) is 6. The van der Waals surface area contributed by atoms with Crippen molar-refractivity contribution < 1.29 is 28.2 Å². The van der Waals surface area contributed by atoms with Crippen LogP contribution >= 0.6 is 0 Å². The number of alkyl halides is 1. The predicted octanol–water partition coefficient (Wildman–Crippen LogP) is 5.41. The molecule has 1 N–H and O–H groups in total. The second-order valence-electron chi connectivity index (χ2n) is 11.0. The first-order chi connectivity index (χ1) is 21.3. The van der Waals surface area contributed by atoms with Crippen molar-refractivity contribution in [3.63, 3.8) is 0 Å². The molecule has 2 aromatic carbocycles. The van der Waals surface area contributed by atoms with Crippen LogP contribution in [0.5, 0.6) is 5.88 Å². The molecule has 6 rings (SSSR count). The summed E-state index contributed by atoms with van der Waals surface area (Å²) >= 11 is 0. The highest BCUT2D eigenvalue weighted by Crippen LogP contribution is 2.31. The number of aromatic carboxylic acids is 1. The van der Waals surface area contributed by atoms with E-state index in [9.17, 15) is 18.7 Å². The molecule has 2 saturated heterocycles. The highest BCUT2D eigenvalue weighted by atomic mass is 19.1. The van der Waals surface area contributed by atoms with Gasteiger partial charge in [0.15, 0.2) is 5.69 Å². The van der Waals surface area contributed by atoms with Crippen LogP contribution in [0.4, 0.5) is 20.3 Å². The number of carboxylic acid groups (broad SMARTS) is 1. The van der Waals surface area contributed by atoms with Crippen molar-refractivity contribution in [1.82, 2.24) is 19.4 Å². The van der Waals surface area contributed by atoms with Crippen molar-refractivity contribution >= 4 is 28.5 Å². The minimum absolute atomic E-state index is 0.0239. The maximum atomic E-state index is 14.6. The molecule has 228 valence electrons. The Morgan fingerprint density at radius 3 is 2.75 bits per heavy atom. The number of anilines is 1. The number of ether oxygens (including phenoxy) is 2. The maximum absolute atomic E-state index is 14.6. The summed E-state index contributed by atoms with van der Waals surface area (Å²) in [6.45, 7) is 11.2. The molecule has 4 aromatic rings. The number of carboxylic acids is 1. The van der Waals surface area contributed by atoms with E-state index < -0.39 is 24.5 Å². The smallest absolute Gasteiger partial charge is 0.335 e. The Labute approximate surface area is 253 Å². The third kappa shape index (κ3) is 5.93. The molecule has 0 radical (unpaired) electrons. The van der Waals surface area contributed by atoms with Gasteiger partial charge in [-0.1, -0.05) is 18.2 Å². The topological polar surface area (TPSA) is 97.3 Å². The van der Waals surface area contributed by atoms with Crippen LogP contribution in [0.2, 0.25) is 0 Å². The predicted molar refractivity (Wildman–Crippen MR) is 159 cm³/mol. The normalized spacial score (nSPS) is 19.4. The molecule has 0 unspecified atom stereocenters. The van der Waals surface area contributed by atoms with Gasteiger partial charge in [-0.3, -0.25) is 4.90 Å². The van der Waals surface area contributed by atoms with Gasteiger partial charge in [0.2, 0.25) is 5.88 Å². The molecule has 2 aliphatic heterocycles. The number of pyridine rings is 1. The number of hydrogen-bond donors (Lipinski definition) is 1. The molecule has 0 aliphatic carbocycles. The second-order valence-corrected chi connectivity index (χ2v) is 11.0. The molecule has 0 bridgehead atoms. The van der Waals surface area contributed by atoms with Gasteiger partial charge in [-0.05, 0) is 43.7 Å². The first-order valence-corrected chi connectivity index (χ1v) is 14.5. The number of rotatable bonds is 10. The lowest BCUT2D eigenvalue weighted by Crippen LogP contribution is -2.55. The molecule has 4 heterocycles. The van der Waals surface area contributed by atoms with Crippen LogP contribution in [0.1, 0.15) is 41.1 Å². The van der Waals surface area contributed by atoms with Crippen molar-refractivity contribution in [2.24, 2.45) is 0 Å². The minimum atomic E-state index is -1.01. The lowest BCUT2D eigenvalue weighted by atomic mass is 10.1. The van der Waals surface area contributed by atoms with Crippen LogP contribution in [-0.2, 0) is 17.9 Å². The summed E-state index contributed by atoms with van der Waals surface area (Å²) in [7, 11) is 0. The van der Waals surface area contributed by atoms with Crippen LogP contribution in [0.15, 0.2) is 54.6 Å². The Balaban J connectivity index is 1.18. The van der Waals surface area contributed by atoms with E-state index in [-0.39, 0.29) is 30.0 Å². The third-order valence-electron chi connectivity index (χ3n) is 8.36. The molecule has 0 spiro atoms. The summed E-state index contributed by atoms with van der Waals surface area (Å²) in [5.74, 6) is 0.175. The van der Waals surface area contributed by atoms with E-state index in [0.29, 0.717) is 55.6 Å². The van der Waals surface area contributed by atoms with Gasteiger partial charge in [0.25, 0.3) is 0 Å². The Morgan fingerprint density at radius 1 is 1.20 bits per heavy atom. The van der Waals surface area contributed by atoms with E-state index in [1.165, 1.54) is 12.1 Å². The molecular weight excluding hydrogens is 570 g/mol. The van der Waals surface area contributed by atoms with Crippen LogP contribution in [0.3, 0.4) is 0 Å². The van der Waals surface area contributed by atoms with Crippen molar-refractivity contribution in [3.8, 4) is 5.88 Å². The number of piperazine rings is 1. The van der Waals surface area contributed by atoms with Gasteiger partial charge in [0, 0.05) is 37.9 Å². The highest BCUT2D eigenvalue weighted by Gasteiger charge is 2.34. The van der Waals surface area contributed by atoms with Gasteiger partial charge < -0.3 is 24.0 Å². The van der Waals surface area contributed by atoms with E-state index in [1.807, 2.05) is 22.5 Å². The van der Waals surface area contributed by atoms with E-state index in [4.69, 9.17) is 21.0 Å². The molecule has 12 heteroatoms. The zero-order chi connectivity index (χ0) is 30.8. The van der Waals surface area contributed by atoms with Crippen molar-refractivity contribution in [3.05, 3.63) is 88.8 Å². The highest BCUT2D eigenvalue weighted by molar-refractivity contribution is 5.92. The van der Waals surface area contributed by atoms with Gasteiger partial charge >= 0.3 is 5.97 Å². The lowest BCUT2D eigenvalue weighted by molar-refractivity contribution is -0.0595. The summed E-state index contributed by atoms with van der Waals surface area (Å²) in [5, 5.41) is 9.56. The zero-order valence-electron chi connectivity index (χ0n) is 24.2. The van der Waals surface area contributed by atoms with E-state index >= 15 is 0 Å². The van der Waals surface area contributed by atoms with E-state index in [2.05, 4.69) is 14.7 Å². The first kappa shape index (κ1) is 29.5. The summed E-state index contributed by atoms with van der Waals surface area (Å²) in [6, 6.07) is 13.8. The molecule has 10 nitrogen and oxygen atoms in total. The molecule has 2 aliphatic rings. The SMILES string of the molecule is [C-]#[N+]c1ccc(COc2cccc(N3CCN([C@@H](C)c4nc5ccc(C(=O)O)cc5n4C[C@@H]4CCO4)[C@@H](CF)C3)n2)c(F)c1. The number of aromatic nitrogens is 3. The van der Waals surface area contributed by atoms with Gasteiger partial charge in [0.1, 0.15) is 30.7 Å². The summed E-state index contributed by atoms with van der Waals surface area (Å²) in [6.07, 6.45) is 0.938. The second kappa shape index (κ2) is 12.6. The maximum Gasteiger partial charge on any atom is 0.335 e. The van der Waals surface area contributed by atoms with E-state index in [0.717, 1.165) is 17.8 Å². The van der Waals surface area contributed by atoms with Gasteiger partial charge in [-0.25, -0.2) is 23.4 Å². The zero-order valence-corrected chi connectivity index (χ0v) is 24.2. The average molecular weight is 603 g/mol. The Morgan fingerprint density at radius 2 is 2.05 bits per heavy atom. The monoisotopic (exact) mass is 602 g/mol. The summed E-state index contributed by atoms with van der Waals surface area (Å²) in [4.78, 5) is 28.5. The Hall–Kier alpha value is -4.60. The lowest BCUT2D eigenvalue weighted by Gasteiger charge is -2.43. The van der Waals surface area contributed by atoms with Gasteiger partial charge in [-0.2, -0.15) is 4.98 Å². The Kier molecular flexibility index (Phi) is 8.41. The number of halogens is 2. The number of carbonyl (C=O) groups is 1. The molecular formula is C32H32F2N6O4. The molecule has 44 heavy (non-hydrogen) atoms. The molecule has 2 fully saturated rings. The first-order valence-electron chi connectivity index (χ1n) is 14.5. The average Bonchev–Trinajstić information content (AvgIpc) is 3.39. The molecule has 2 aromatic heterocycles. The Bertz CT molecular complexity index is 1720. The molecule has 3 atom stereocenters. The van der Waals surface area contributed by atoms with Crippen LogP contribution < -0.4 is 9.64 Å². The summed E-state index contributed by atoms with van der Waals surface area (Å²) < 4.78 is 42.4. The number of fused-ring (bicyclic) bond motifs is 1. The molecule has 0 amide bonds. The van der Waals surface area contributed by atoms with Crippen LogP contribution in [0, 0.1) is 12.4 Å². The third-order valence-corrected chi connectivity index (χ3v) is 8.36.